The van der Waals surface area contributed by atoms with Crippen LogP contribution in [0.4, 0.5) is 0 Å². The number of carbonyl (C=O) groups is 2. The van der Waals surface area contributed by atoms with E-state index in [0.717, 1.165) is 6.08 Å². The van der Waals surface area contributed by atoms with Crippen molar-refractivity contribution >= 4 is 17.8 Å². The van der Waals surface area contributed by atoms with Crippen molar-refractivity contribution < 1.29 is 14.7 Å². The largest absolute Gasteiger partial charge is 0.478 e. The average Bonchev–Trinajstić information content (AvgIpc) is 2.47. The van der Waals surface area contributed by atoms with E-state index in [4.69, 9.17) is 5.11 Å². The molecule has 0 radical (unpaired) electrons. The molecule has 5 heteroatoms. The zero-order valence-corrected chi connectivity index (χ0v) is 7.67. The molecule has 0 saturated carbocycles. The highest BCUT2D eigenvalue weighted by Gasteiger charge is 1.98. The lowest BCUT2D eigenvalue weighted by molar-refractivity contribution is -0.131. The molecule has 0 aliphatic heterocycles. The van der Waals surface area contributed by atoms with Crippen LogP contribution in [0.5, 0.6) is 0 Å². The molecule has 5 nitrogen and oxygen atoms in total. The molecule has 0 aliphatic rings. The molecular weight excluding hydrogens is 184 g/mol. The van der Waals surface area contributed by atoms with Gasteiger partial charge in [0.15, 0.2) is 0 Å². The maximum absolute atomic E-state index is 10.7. The van der Waals surface area contributed by atoms with Crippen LogP contribution in [0.25, 0.3) is 6.08 Å². The van der Waals surface area contributed by atoms with E-state index >= 15 is 0 Å². The molecule has 1 N–H and O–H groups in total. The molecule has 1 aromatic rings. The molecule has 14 heavy (non-hydrogen) atoms. The molecule has 0 amide bonds. The van der Waals surface area contributed by atoms with Crippen LogP contribution >= 0.6 is 0 Å². The molecule has 0 spiro atoms. The Kier molecular flexibility index (Phi) is 3.17. The third-order valence-electron chi connectivity index (χ3n) is 1.46. The predicted octanol–water partition coefficient (Wildman–Crippen LogP) is 0.570. The highest BCUT2D eigenvalue weighted by molar-refractivity contribution is 5.84. The number of nitrogens with zero attached hydrogens (tertiary/aromatic N) is 2. The summed E-state index contributed by atoms with van der Waals surface area (Å²) in [6.07, 6.45) is 5.48. The molecule has 1 rings (SSSR count). The van der Waals surface area contributed by atoms with Crippen LogP contribution in [0, 0.1) is 0 Å². The maximum atomic E-state index is 10.7. The monoisotopic (exact) mass is 194 g/mol. The Morgan fingerprint density at radius 3 is 2.93 bits per heavy atom. The second kappa shape index (κ2) is 4.36. The number of Topliss-reactive ketones (excluding diaryl/α,β-unsaturated/α-hetero) is 1. The first-order valence-electron chi connectivity index (χ1n) is 4.00. The van der Waals surface area contributed by atoms with Crippen molar-refractivity contribution in [3.63, 3.8) is 0 Å². The quantitative estimate of drug-likeness (QED) is 0.711. The summed E-state index contributed by atoms with van der Waals surface area (Å²) in [6.45, 7) is 1.74. The minimum Gasteiger partial charge on any atom is -0.478 e. The van der Waals surface area contributed by atoms with Crippen molar-refractivity contribution in [1.82, 2.24) is 9.55 Å². The highest BCUT2D eigenvalue weighted by Crippen LogP contribution is 1.98. The third-order valence-corrected chi connectivity index (χ3v) is 1.46. The lowest BCUT2D eigenvalue weighted by Gasteiger charge is -1.93. The number of imidazole rings is 1. The predicted molar refractivity (Wildman–Crippen MR) is 49.6 cm³/mol. The van der Waals surface area contributed by atoms with E-state index in [1.165, 1.54) is 19.3 Å². The Labute approximate surface area is 80.7 Å². The first-order chi connectivity index (χ1) is 6.58. The smallest absolute Gasteiger partial charge is 0.328 e. The second-order valence-corrected chi connectivity index (χ2v) is 2.84. The van der Waals surface area contributed by atoms with Gasteiger partial charge in [0.2, 0.25) is 0 Å². The third kappa shape index (κ3) is 3.22. The van der Waals surface area contributed by atoms with Gasteiger partial charge in [0, 0.05) is 12.3 Å². The van der Waals surface area contributed by atoms with Crippen molar-refractivity contribution in [2.45, 2.75) is 13.5 Å². The van der Waals surface area contributed by atoms with Gasteiger partial charge in [0.25, 0.3) is 0 Å². The number of carboxylic acid groups (broad SMARTS) is 1. The van der Waals surface area contributed by atoms with Gasteiger partial charge in [0.05, 0.1) is 18.6 Å². The number of ketones is 1. The van der Waals surface area contributed by atoms with Crippen molar-refractivity contribution in [2.24, 2.45) is 0 Å². The highest BCUT2D eigenvalue weighted by atomic mass is 16.4. The number of carboxylic acids is 1. The van der Waals surface area contributed by atoms with Gasteiger partial charge < -0.3 is 9.67 Å². The SMILES string of the molecule is CC(=O)Cn1cnc(/C=C/C(=O)O)c1. The first kappa shape index (κ1) is 10.2. The van der Waals surface area contributed by atoms with Gasteiger partial charge in [-0.1, -0.05) is 0 Å². The molecule has 1 heterocycles. The summed E-state index contributed by atoms with van der Waals surface area (Å²) in [5.41, 5.74) is 0.522. The van der Waals surface area contributed by atoms with Gasteiger partial charge in [-0.05, 0) is 13.0 Å². The lowest BCUT2D eigenvalue weighted by atomic mass is 10.4. The number of hydrogen-bond acceptors (Lipinski definition) is 3. The topological polar surface area (TPSA) is 72.2 Å². The Morgan fingerprint density at radius 1 is 1.64 bits per heavy atom. The number of hydrogen-bond donors (Lipinski definition) is 1. The summed E-state index contributed by atoms with van der Waals surface area (Å²) < 4.78 is 1.60. The minimum absolute atomic E-state index is 0.0242. The first-order valence-corrected chi connectivity index (χ1v) is 4.00. The zero-order valence-electron chi connectivity index (χ0n) is 7.67. The molecule has 1 aromatic heterocycles. The van der Waals surface area contributed by atoms with E-state index in [2.05, 4.69) is 4.98 Å². The second-order valence-electron chi connectivity index (χ2n) is 2.84. The van der Waals surface area contributed by atoms with Crippen LogP contribution in [0.2, 0.25) is 0 Å². The van der Waals surface area contributed by atoms with E-state index in [1.807, 2.05) is 0 Å². The van der Waals surface area contributed by atoms with Gasteiger partial charge in [0.1, 0.15) is 5.78 Å². The minimum atomic E-state index is -1.02. The Morgan fingerprint density at radius 2 is 2.36 bits per heavy atom. The van der Waals surface area contributed by atoms with E-state index in [-0.39, 0.29) is 12.3 Å². The standard InChI is InChI=1S/C9H10N2O3/c1-7(12)4-11-5-8(10-6-11)2-3-9(13)14/h2-3,5-6H,4H2,1H3,(H,13,14)/b3-2+. The van der Waals surface area contributed by atoms with Crippen LogP contribution in [0.1, 0.15) is 12.6 Å². The van der Waals surface area contributed by atoms with Gasteiger partial charge in [-0.15, -0.1) is 0 Å². The van der Waals surface area contributed by atoms with Gasteiger partial charge in [-0.3, -0.25) is 4.79 Å². The van der Waals surface area contributed by atoms with Crippen LogP contribution in [0.15, 0.2) is 18.6 Å². The van der Waals surface area contributed by atoms with E-state index in [0.29, 0.717) is 5.69 Å². The molecule has 0 unspecified atom stereocenters. The van der Waals surface area contributed by atoms with Crippen LogP contribution in [-0.2, 0) is 16.1 Å². The molecule has 74 valence electrons. The molecule has 0 fully saturated rings. The van der Waals surface area contributed by atoms with Crippen molar-refractivity contribution in [3.8, 4) is 0 Å². The number of carbonyl (C=O) groups excluding carboxylic acids is 1. The van der Waals surface area contributed by atoms with Crippen LogP contribution < -0.4 is 0 Å². The molecule has 0 bridgehead atoms. The van der Waals surface area contributed by atoms with Crippen LogP contribution in [0.3, 0.4) is 0 Å². The van der Waals surface area contributed by atoms with E-state index in [9.17, 15) is 9.59 Å². The Hall–Kier alpha value is -1.91. The summed E-state index contributed by atoms with van der Waals surface area (Å²) in [6, 6.07) is 0. The molecular formula is C9H10N2O3. The zero-order chi connectivity index (χ0) is 10.6. The fraction of sp³-hybridized carbons (Fsp3) is 0.222. The fourth-order valence-electron chi connectivity index (χ4n) is 0.964. The van der Waals surface area contributed by atoms with Crippen molar-refractivity contribution in [2.75, 3.05) is 0 Å². The number of aromatic nitrogens is 2. The molecule has 0 saturated heterocycles. The molecule has 0 atom stereocenters. The summed E-state index contributed by atoms with van der Waals surface area (Å²) in [4.78, 5) is 24.8. The van der Waals surface area contributed by atoms with Crippen molar-refractivity contribution in [3.05, 3.63) is 24.3 Å². The summed E-state index contributed by atoms with van der Waals surface area (Å²) in [5.74, 6) is -0.998. The van der Waals surface area contributed by atoms with Crippen molar-refractivity contribution in [1.29, 1.82) is 0 Å². The lowest BCUT2D eigenvalue weighted by Crippen LogP contribution is -2.03. The Balaban J connectivity index is 2.68. The van der Waals surface area contributed by atoms with Crippen LogP contribution in [-0.4, -0.2) is 26.4 Å². The molecule has 0 aliphatic carbocycles. The maximum Gasteiger partial charge on any atom is 0.328 e. The fourth-order valence-corrected chi connectivity index (χ4v) is 0.964. The van der Waals surface area contributed by atoms with Gasteiger partial charge in [-0.2, -0.15) is 0 Å². The average molecular weight is 194 g/mol. The number of rotatable bonds is 4. The summed E-state index contributed by atoms with van der Waals surface area (Å²) in [7, 11) is 0. The summed E-state index contributed by atoms with van der Waals surface area (Å²) >= 11 is 0. The summed E-state index contributed by atoms with van der Waals surface area (Å²) in [5, 5.41) is 8.35. The van der Waals surface area contributed by atoms with Gasteiger partial charge >= 0.3 is 5.97 Å². The van der Waals surface area contributed by atoms with E-state index < -0.39 is 5.97 Å². The molecule has 0 aromatic carbocycles. The Bertz CT molecular complexity index is 379. The van der Waals surface area contributed by atoms with Gasteiger partial charge in [-0.25, -0.2) is 9.78 Å². The van der Waals surface area contributed by atoms with E-state index in [1.54, 1.807) is 10.8 Å². The number of aliphatic carboxylic acids is 1. The normalized spacial score (nSPS) is 10.6.